The van der Waals surface area contributed by atoms with E-state index in [-0.39, 0.29) is 23.1 Å². The van der Waals surface area contributed by atoms with Gasteiger partial charge in [0, 0.05) is 56.7 Å². The third-order valence-corrected chi connectivity index (χ3v) is 8.95. The molecule has 1 aromatic heterocycles. The van der Waals surface area contributed by atoms with Crippen molar-refractivity contribution in [1.29, 1.82) is 0 Å². The third kappa shape index (κ3) is 8.68. The zero-order chi connectivity index (χ0) is 29.2. The summed E-state index contributed by atoms with van der Waals surface area (Å²) in [5.74, 6) is -1.28. The number of nitrogens with one attached hydrogen (secondary N) is 1. The molecule has 0 bridgehead atoms. The Hall–Kier alpha value is -3.63. The van der Waals surface area contributed by atoms with Gasteiger partial charge in [0.1, 0.15) is 5.82 Å². The molecule has 0 aliphatic carbocycles. The molecule has 4 rings (SSSR count). The van der Waals surface area contributed by atoms with Crippen LogP contribution in [0.15, 0.2) is 71.9 Å². The van der Waals surface area contributed by atoms with Gasteiger partial charge in [-0.1, -0.05) is 25.3 Å². The Morgan fingerprint density at radius 2 is 1.71 bits per heavy atom. The summed E-state index contributed by atoms with van der Waals surface area (Å²) in [4.78, 5) is 34.1. The quantitative estimate of drug-likeness (QED) is 0.405. The average molecular weight is 581 g/mol. The zero-order valence-electron chi connectivity index (χ0n) is 23.4. The smallest absolute Gasteiger partial charge is 0.251 e. The lowest BCUT2D eigenvalue weighted by Gasteiger charge is -2.29. The van der Waals surface area contributed by atoms with Crippen LogP contribution in [0, 0.1) is 5.82 Å². The van der Waals surface area contributed by atoms with Gasteiger partial charge in [-0.2, -0.15) is 0 Å². The van der Waals surface area contributed by atoms with Crippen LogP contribution in [-0.4, -0.2) is 55.5 Å². The third-order valence-electron chi connectivity index (χ3n) is 7.22. The largest absolute Gasteiger partial charge is 0.351 e. The van der Waals surface area contributed by atoms with Gasteiger partial charge in [0.2, 0.25) is 5.91 Å². The van der Waals surface area contributed by atoms with Crippen LogP contribution in [0.25, 0.3) is 0 Å². The number of fused-ring (bicyclic) bond motifs is 1. The highest BCUT2D eigenvalue weighted by atomic mass is 32.2. The van der Waals surface area contributed by atoms with Crippen LogP contribution in [0.2, 0.25) is 0 Å². The summed E-state index contributed by atoms with van der Waals surface area (Å²) in [6.45, 7) is 4.16. The lowest BCUT2D eigenvalue weighted by molar-refractivity contribution is -0.116. The van der Waals surface area contributed by atoms with Crippen molar-refractivity contribution >= 4 is 27.3 Å². The van der Waals surface area contributed by atoms with Crippen LogP contribution in [0.4, 0.5) is 10.1 Å². The van der Waals surface area contributed by atoms with Crippen LogP contribution < -0.4 is 10.2 Å². The first-order valence-corrected chi connectivity index (χ1v) is 15.7. The summed E-state index contributed by atoms with van der Waals surface area (Å²) < 4.78 is 38.4. The molecule has 0 saturated heterocycles. The summed E-state index contributed by atoms with van der Waals surface area (Å²) in [5, 5.41) is 2.70. The van der Waals surface area contributed by atoms with Crippen LogP contribution in [0.3, 0.4) is 0 Å². The van der Waals surface area contributed by atoms with E-state index in [1.54, 1.807) is 30.2 Å². The van der Waals surface area contributed by atoms with Crippen molar-refractivity contribution in [3.05, 3.63) is 89.5 Å². The second-order valence-electron chi connectivity index (χ2n) is 10.4. The first-order chi connectivity index (χ1) is 19.7. The van der Waals surface area contributed by atoms with E-state index < -0.39 is 21.6 Å². The topological polar surface area (TPSA) is 99.7 Å². The fourth-order valence-electron chi connectivity index (χ4n) is 5.07. The molecule has 2 aromatic carbocycles. The van der Waals surface area contributed by atoms with Crippen LogP contribution in [0.1, 0.15) is 60.5 Å². The number of pyridine rings is 1. The molecule has 41 heavy (non-hydrogen) atoms. The number of hydrogen-bond acceptors (Lipinski definition) is 6. The minimum Gasteiger partial charge on any atom is -0.351 e. The summed E-state index contributed by atoms with van der Waals surface area (Å²) in [6, 6.07) is 13.9. The van der Waals surface area contributed by atoms with Crippen LogP contribution in [0.5, 0.6) is 0 Å². The van der Waals surface area contributed by atoms with Gasteiger partial charge in [0.25, 0.3) is 5.91 Å². The van der Waals surface area contributed by atoms with Gasteiger partial charge in [-0.15, -0.1) is 0 Å². The number of rotatable bonds is 7. The molecule has 1 aliphatic rings. The summed E-state index contributed by atoms with van der Waals surface area (Å²) in [5.41, 5.74) is 3.11. The molecular formula is C31H37FN4O4S. The lowest BCUT2D eigenvalue weighted by atomic mass is 10.0. The van der Waals surface area contributed by atoms with Crippen molar-refractivity contribution in [1.82, 2.24) is 15.2 Å². The van der Waals surface area contributed by atoms with Crippen LogP contribution >= 0.6 is 0 Å². The maximum atomic E-state index is 13.2. The molecule has 0 saturated carbocycles. The molecule has 10 heteroatoms. The molecule has 1 N–H and O–H groups in total. The molecule has 2 amide bonds. The van der Waals surface area contributed by atoms with E-state index in [1.807, 2.05) is 24.4 Å². The first-order valence-electron chi connectivity index (χ1n) is 14.0. The number of halogens is 1. The number of aromatic nitrogens is 1. The highest BCUT2D eigenvalue weighted by molar-refractivity contribution is 7.91. The Morgan fingerprint density at radius 1 is 0.976 bits per heavy atom. The molecule has 218 valence electrons. The van der Waals surface area contributed by atoms with Crippen molar-refractivity contribution in [2.24, 2.45) is 0 Å². The lowest BCUT2D eigenvalue weighted by Crippen LogP contribution is -2.33. The van der Waals surface area contributed by atoms with Gasteiger partial charge >= 0.3 is 0 Å². The van der Waals surface area contributed by atoms with Crippen molar-refractivity contribution in [2.75, 3.05) is 30.3 Å². The second kappa shape index (κ2) is 14.3. The van der Waals surface area contributed by atoms with Gasteiger partial charge in [-0.3, -0.25) is 19.5 Å². The van der Waals surface area contributed by atoms with E-state index >= 15 is 0 Å². The highest BCUT2D eigenvalue weighted by Gasteiger charge is 2.21. The van der Waals surface area contributed by atoms with Crippen LogP contribution in [-0.2, 0) is 27.7 Å². The molecule has 1 aliphatic heterocycles. The molecule has 0 radical (unpaired) electrons. The number of anilines is 1. The van der Waals surface area contributed by atoms with Crippen molar-refractivity contribution < 1.29 is 22.4 Å². The molecular weight excluding hydrogens is 543 g/mol. The maximum Gasteiger partial charge on any atom is 0.251 e. The molecule has 2 heterocycles. The van der Waals surface area contributed by atoms with E-state index in [1.165, 1.54) is 12.1 Å². The van der Waals surface area contributed by atoms with E-state index in [4.69, 9.17) is 0 Å². The van der Waals surface area contributed by atoms with E-state index in [0.717, 1.165) is 67.6 Å². The Bertz CT molecular complexity index is 1430. The fraction of sp³-hybridized carbons (Fsp3) is 0.387. The minimum atomic E-state index is -3.68. The van der Waals surface area contributed by atoms with E-state index in [2.05, 4.69) is 15.2 Å². The number of benzene rings is 2. The molecule has 0 fully saturated rings. The molecule has 3 aromatic rings. The van der Waals surface area contributed by atoms with Gasteiger partial charge in [-0.05, 0) is 79.0 Å². The molecule has 8 nitrogen and oxygen atoms in total. The summed E-state index contributed by atoms with van der Waals surface area (Å²) in [7, 11) is -3.68. The fourth-order valence-corrected chi connectivity index (χ4v) is 6.22. The minimum absolute atomic E-state index is 0.00554. The standard InChI is InChI=1S/C31H37FN4O4S/c1-24(37)36-18-6-4-2-3-5-17-35(22-25-8-7-15-33-21-25)23-27-20-26(9-14-30(27)36)31(38)34-16-19-41(39,40)29-12-10-28(32)11-13-29/h7-15,20-21H,2-6,16-19,22-23H2,1H3,(H,34,38). The van der Waals surface area contributed by atoms with Gasteiger partial charge in [0.15, 0.2) is 9.84 Å². The number of sulfone groups is 1. The second-order valence-corrected chi connectivity index (χ2v) is 12.5. The maximum absolute atomic E-state index is 13.2. The first kappa shape index (κ1) is 30.3. The summed E-state index contributed by atoms with van der Waals surface area (Å²) >= 11 is 0. The zero-order valence-corrected chi connectivity index (χ0v) is 24.2. The number of carbonyl (C=O) groups is 2. The van der Waals surface area contributed by atoms with Crippen molar-refractivity contribution in [2.45, 2.75) is 57.0 Å². The van der Waals surface area contributed by atoms with Gasteiger partial charge < -0.3 is 10.2 Å². The SMILES string of the molecule is CC(=O)N1CCCCCCCN(Cc2cccnc2)Cc2cc(C(=O)NCCS(=O)(=O)c3ccc(F)cc3)ccc21. The number of amides is 2. The predicted molar refractivity (Wildman–Crippen MR) is 157 cm³/mol. The Balaban J connectivity index is 1.55. The van der Waals surface area contributed by atoms with Crippen molar-refractivity contribution in [3.8, 4) is 0 Å². The Labute approximate surface area is 241 Å². The highest BCUT2D eigenvalue weighted by Crippen LogP contribution is 2.27. The Morgan fingerprint density at radius 3 is 2.41 bits per heavy atom. The molecule has 0 unspecified atom stereocenters. The van der Waals surface area contributed by atoms with Gasteiger partial charge in [-0.25, -0.2) is 12.8 Å². The molecule has 0 atom stereocenters. The summed E-state index contributed by atoms with van der Waals surface area (Å²) in [6.07, 6.45) is 8.83. The number of hydrogen-bond donors (Lipinski definition) is 1. The van der Waals surface area contributed by atoms with E-state index in [9.17, 15) is 22.4 Å². The predicted octanol–water partition coefficient (Wildman–Crippen LogP) is 4.74. The monoisotopic (exact) mass is 580 g/mol. The Kier molecular flexibility index (Phi) is 10.6. The van der Waals surface area contributed by atoms with Gasteiger partial charge in [0.05, 0.1) is 10.6 Å². The number of nitrogens with zero attached hydrogens (tertiary/aromatic N) is 3. The molecule has 0 spiro atoms. The average Bonchev–Trinajstić information content (AvgIpc) is 2.94. The van der Waals surface area contributed by atoms with Crippen molar-refractivity contribution in [3.63, 3.8) is 0 Å². The number of carbonyl (C=O) groups excluding carboxylic acids is 2. The van der Waals surface area contributed by atoms with E-state index in [0.29, 0.717) is 25.2 Å². The normalized spacial score (nSPS) is 15.3.